The number of piperidine rings is 1. The molecule has 0 aliphatic carbocycles. The van der Waals surface area contributed by atoms with E-state index >= 15 is 0 Å². The molecule has 0 aromatic carbocycles. The summed E-state index contributed by atoms with van der Waals surface area (Å²) in [6.07, 6.45) is 8.27. The summed E-state index contributed by atoms with van der Waals surface area (Å²) in [6.45, 7) is 6.89. The maximum atomic E-state index is 13.3. The van der Waals surface area contributed by atoms with Crippen molar-refractivity contribution >= 4 is 23.2 Å². The number of alkyl halides is 1. The van der Waals surface area contributed by atoms with Crippen LogP contribution in [0.15, 0.2) is 18.5 Å². The second-order valence-corrected chi connectivity index (χ2v) is 9.94. The highest BCUT2D eigenvalue weighted by Gasteiger charge is 2.22. The van der Waals surface area contributed by atoms with Gasteiger partial charge in [-0.25, -0.2) is 18.9 Å². The molecule has 3 N–H and O–H groups in total. The minimum Gasteiger partial charge on any atom is -0.380 e. The Bertz CT molecular complexity index is 1120. The van der Waals surface area contributed by atoms with Crippen LogP contribution in [0.4, 0.5) is 22.0 Å². The zero-order chi connectivity index (χ0) is 24.9. The molecule has 190 valence electrons. The molecule has 1 aliphatic heterocycles. The maximum Gasteiger partial charge on any atom is 0.243 e. The Morgan fingerprint density at radius 1 is 1.23 bits per heavy atom. The van der Waals surface area contributed by atoms with Gasteiger partial charge in [-0.15, -0.1) is 5.10 Å². The summed E-state index contributed by atoms with van der Waals surface area (Å²) in [5, 5.41) is 7.62. The SMILES string of the molecule is CCC[C@@H](CF)Nc1nc(N)c2ncc(Cc3cnc(N4CCC(CN(C)C)CC4)c(C)c3)n2n1. The van der Waals surface area contributed by atoms with Crippen LogP contribution < -0.4 is 16.0 Å². The summed E-state index contributed by atoms with van der Waals surface area (Å²) in [7, 11) is 4.29. The number of hydrogen-bond acceptors (Lipinski definition) is 8. The van der Waals surface area contributed by atoms with Crippen molar-refractivity contribution in [3.8, 4) is 0 Å². The number of rotatable bonds is 10. The Hall–Kier alpha value is -3.01. The minimum atomic E-state index is -0.490. The van der Waals surface area contributed by atoms with E-state index < -0.39 is 6.67 Å². The summed E-state index contributed by atoms with van der Waals surface area (Å²) >= 11 is 0. The van der Waals surface area contributed by atoms with Gasteiger partial charge in [0.2, 0.25) is 5.95 Å². The Morgan fingerprint density at radius 2 is 2.00 bits per heavy atom. The third-order valence-electron chi connectivity index (χ3n) is 6.65. The number of nitrogens with zero attached hydrogens (tertiary/aromatic N) is 7. The lowest BCUT2D eigenvalue weighted by atomic mass is 9.96. The smallest absolute Gasteiger partial charge is 0.243 e. The Kier molecular flexibility index (Phi) is 8.00. The standard InChI is InChI=1S/C25H38FN9/c1-5-6-20(13-26)30-25-31-22(27)24-29-15-21(35(24)32-25)12-19-11-17(2)23(28-14-19)34-9-7-18(8-10-34)16-33(3)4/h11,14-15,18,20H,5-10,12-13,16H2,1-4H3,(H3,27,30,31,32)/t20-/m0/s1. The molecule has 1 fully saturated rings. The van der Waals surface area contributed by atoms with Gasteiger partial charge in [-0.05, 0) is 57.3 Å². The second kappa shape index (κ2) is 11.2. The van der Waals surface area contributed by atoms with Crippen molar-refractivity contribution in [2.24, 2.45) is 5.92 Å². The van der Waals surface area contributed by atoms with E-state index in [-0.39, 0.29) is 11.9 Å². The number of nitrogens with two attached hydrogens (primary N) is 1. The third-order valence-corrected chi connectivity index (χ3v) is 6.65. The first-order chi connectivity index (χ1) is 16.9. The van der Waals surface area contributed by atoms with Crippen molar-refractivity contribution in [3.63, 3.8) is 0 Å². The van der Waals surface area contributed by atoms with Gasteiger partial charge < -0.3 is 20.9 Å². The summed E-state index contributed by atoms with van der Waals surface area (Å²) in [5.41, 5.74) is 9.76. The normalized spacial score (nSPS) is 15.8. The molecule has 10 heteroatoms. The van der Waals surface area contributed by atoms with E-state index in [9.17, 15) is 4.39 Å². The van der Waals surface area contributed by atoms with Crippen LogP contribution in [-0.4, -0.2) is 75.9 Å². The van der Waals surface area contributed by atoms with Crippen LogP contribution in [-0.2, 0) is 6.42 Å². The Balaban J connectivity index is 1.48. The first-order valence-electron chi connectivity index (χ1n) is 12.6. The van der Waals surface area contributed by atoms with Crippen molar-refractivity contribution in [2.45, 2.75) is 52.0 Å². The molecule has 3 aromatic heterocycles. The fraction of sp³-hybridized carbons (Fsp3) is 0.600. The third kappa shape index (κ3) is 5.98. The van der Waals surface area contributed by atoms with Crippen molar-refractivity contribution in [1.82, 2.24) is 29.5 Å². The van der Waals surface area contributed by atoms with E-state index in [1.165, 1.54) is 18.4 Å². The van der Waals surface area contributed by atoms with Gasteiger partial charge in [0, 0.05) is 32.3 Å². The number of pyridine rings is 1. The van der Waals surface area contributed by atoms with E-state index in [0.29, 0.717) is 24.4 Å². The quantitative estimate of drug-likeness (QED) is 0.453. The van der Waals surface area contributed by atoms with Gasteiger partial charge in [-0.3, -0.25) is 0 Å². The van der Waals surface area contributed by atoms with Crippen LogP contribution in [0.2, 0.25) is 0 Å². The number of hydrogen-bond donors (Lipinski definition) is 2. The number of aryl methyl sites for hydroxylation is 1. The molecule has 1 aliphatic rings. The second-order valence-electron chi connectivity index (χ2n) is 9.94. The molecule has 1 atom stereocenters. The van der Waals surface area contributed by atoms with Gasteiger partial charge in [0.05, 0.1) is 17.9 Å². The van der Waals surface area contributed by atoms with Crippen molar-refractivity contribution < 1.29 is 4.39 Å². The molecule has 35 heavy (non-hydrogen) atoms. The van der Waals surface area contributed by atoms with Crippen molar-refractivity contribution in [2.75, 3.05) is 56.4 Å². The zero-order valence-electron chi connectivity index (χ0n) is 21.3. The molecule has 0 amide bonds. The molecular formula is C25H38FN9. The van der Waals surface area contributed by atoms with Gasteiger partial charge >= 0.3 is 0 Å². The van der Waals surface area contributed by atoms with E-state index in [1.807, 2.05) is 13.1 Å². The lowest BCUT2D eigenvalue weighted by Crippen LogP contribution is -2.37. The summed E-state index contributed by atoms with van der Waals surface area (Å²) in [5.74, 6) is 2.41. The number of fused-ring (bicyclic) bond motifs is 1. The molecule has 0 radical (unpaired) electrons. The molecule has 0 saturated carbocycles. The van der Waals surface area contributed by atoms with E-state index in [0.717, 1.165) is 49.0 Å². The lowest BCUT2D eigenvalue weighted by Gasteiger charge is -2.34. The Morgan fingerprint density at radius 3 is 2.66 bits per heavy atom. The number of halogens is 1. The van der Waals surface area contributed by atoms with Gasteiger partial charge in [-0.2, -0.15) is 4.98 Å². The van der Waals surface area contributed by atoms with Crippen LogP contribution in [0, 0.1) is 12.8 Å². The maximum absolute atomic E-state index is 13.3. The van der Waals surface area contributed by atoms with Crippen LogP contribution in [0.25, 0.3) is 5.65 Å². The molecule has 0 spiro atoms. The molecular weight excluding hydrogens is 445 g/mol. The molecule has 0 bridgehead atoms. The van der Waals surface area contributed by atoms with Gasteiger partial charge in [0.15, 0.2) is 11.5 Å². The van der Waals surface area contributed by atoms with Crippen LogP contribution in [0.1, 0.15) is 49.4 Å². The van der Waals surface area contributed by atoms with Gasteiger partial charge in [0.25, 0.3) is 0 Å². The molecule has 0 unspecified atom stereocenters. The molecule has 9 nitrogen and oxygen atoms in total. The average molecular weight is 484 g/mol. The summed E-state index contributed by atoms with van der Waals surface area (Å²) < 4.78 is 15.0. The fourth-order valence-electron chi connectivity index (χ4n) is 4.96. The monoisotopic (exact) mass is 483 g/mol. The van der Waals surface area contributed by atoms with Crippen LogP contribution in [0.5, 0.6) is 0 Å². The molecule has 4 rings (SSSR count). The number of nitrogen functional groups attached to an aromatic ring is 1. The predicted molar refractivity (Wildman–Crippen MR) is 139 cm³/mol. The first-order valence-corrected chi connectivity index (χ1v) is 12.6. The van der Waals surface area contributed by atoms with E-state index in [4.69, 9.17) is 10.7 Å². The molecule has 1 saturated heterocycles. The van der Waals surface area contributed by atoms with Crippen LogP contribution in [0.3, 0.4) is 0 Å². The predicted octanol–water partition coefficient (Wildman–Crippen LogP) is 3.33. The van der Waals surface area contributed by atoms with Gasteiger partial charge in [-0.1, -0.05) is 19.4 Å². The summed E-state index contributed by atoms with van der Waals surface area (Å²) in [4.78, 5) is 18.2. The summed E-state index contributed by atoms with van der Waals surface area (Å²) in [6, 6.07) is 1.86. The van der Waals surface area contributed by atoms with Gasteiger partial charge in [0.1, 0.15) is 12.5 Å². The van der Waals surface area contributed by atoms with E-state index in [1.54, 1.807) is 10.7 Å². The van der Waals surface area contributed by atoms with Crippen LogP contribution >= 0.6 is 0 Å². The number of anilines is 3. The number of imidazole rings is 1. The zero-order valence-corrected chi connectivity index (χ0v) is 21.3. The highest BCUT2D eigenvalue weighted by atomic mass is 19.1. The lowest BCUT2D eigenvalue weighted by molar-refractivity contribution is 0.284. The average Bonchev–Trinajstić information content (AvgIpc) is 3.22. The minimum absolute atomic E-state index is 0.269. The van der Waals surface area contributed by atoms with Crippen molar-refractivity contribution in [3.05, 3.63) is 35.3 Å². The molecule has 4 heterocycles. The topological polar surface area (TPSA) is 100 Å². The Labute approximate surface area is 206 Å². The first kappa shape index (κ1) is 25.1. The number of aromatic nitrogens is 5. The fourth-order valence-corrected chi connectivity index (χ4v) is 4.96. The largest absolute Gasteiger partial charge is 0.380 e. The van der Waals surface area contributed by atoms with E-state index in [2.05, 4.69) is 57.3 Å². The van der Waals surface area contributed by atoms with Crippen molar-refractivity contribution in [1.29, 1.82) is 0 Å². The molecule has 3 aromatic rings. The number of nitrogens with one attached hydrogen (secondary N) is 1. The highest BCUT2D eigenvalue weighted by molar-refractivity contribution is 5.61. The highest BCUT2D eigenvalue weighted by Crippen LogP contribution is 2.26.